The molecule has 146 valence electrons. The van der Waals surface area contributed by atoms with E-state index < -0.39 is 0 Å². The lowest BCUT2D eigenvalue weighted by molar-refractivity contribution is -0.122. The highest BCUT2D eigenvalue weighted by Gasteiger charge is 2.32. The summed E-state index contributed by atoms with van der Waals surface area (Å²) < 4.78 is 6.51. The lowest BCUT2D eigenvalue weighted by Gasteiger charge is -2.28. The number of nitrogens with zero attached hydrogens (tertiary/aromatic N) is 2. The Morgan fingerprint density at radius 1 is 1.07 bits per heavy atom. The molecule has 0 bridgehead atoms. The van der Waals surface area contributed by atoms with Gasteiger partial charge in [0.1, 0.15) is 15.8 Å². The van der Waals surface area contributed by atoms with Crippen LogP contribution in [-0.4, -0.2) is 46.2 Å². The van der Waals surface area contributed by atoms with Gasteiger partial charge in [-0.25, -0.2) is 0 Å². The summed E-state index contributed by atoms with van der Waals surface area (Å²) in [5.74, 6) is 1.35. The number of halogens is 1. The molecule has 1 aromatic heterocycles. The molecule has 1 amide bonds. The molecule has 0 saturated carbocycles. The Morgan fingerprint density at radius 2 is 1.82 bits per heavy atom. The maximum absolute atomic E-state index is 12.8. The van der Waals surface area contributed by atoms with Crippen LogP contribution in [0.3, 0.4) is 0 Å². The van der Waals surface area contributed by atoms with Gasteiger partial charge in [-0.1, -0.05) is 42.0 Å². The molecular weight excluding hydrogens is 412 g/mol. The van der Waals surface area contributed by atoms with Gasteiger partial charge in [0, 0.05) is 29.8 Å². The normalized spacial score (nSPS) is 19.8. The summed E-state index contributed by atoms with van der Waals surface area (Å²) in [5.41, 5.74) is 0.943. The first-order valence-corrected chi connectivity index (χ1v) is 11.0. The van der Waals surface area contributed by atoms with Crippen LogP contribution in [0.5, 0.6) is 0 Å². The Balaban J connectivity index is 1.43. The molecule has 2 aromatic rings. The van der Waals surface area contributed by atoms with E-state index >= 15 is 0 Å². The van der Waals surface area contributed by atoms with Crippen molar-refractivity contribution in [3.8, 4) is 11.3 Å². The Bertz CT molecular complexity index is 901. The largest absolute Gasteiger partial charge is 0.457 e. The summed E-state index contributed by atoms with van der Waals surface area (Å²) >= 11 is 12.7. The first-order valence-electron chi connectivity index (χ1n) is 9.44. The van der Waals surface area contributed by atoms with Crippen LogP contribution in [0.25, 0.3) is 17.4 Å². The zero-order valence-corrected chi connectivity index (χ0v) is 17.8. The number of carbonyl (C=O) groups excluding carboxylic acids is 1. The molecule has 2 saturated heterocycles. The van der Waals surface area contributed by atoms with Gasteiger partial charge in [0.15, 0.2) is 0 Å². The SMILES string of the molecule is O=C1C(=Cc2ccc(-c3ccc(Cl)cc3)o2)SC(=S)N1CCN1CCCCC1. The van der Waals surface area contributed by atoms with Crippen LogP contribution in [0.4, 0.5) is 0 Å². The molecule has 28 heavy (non-hydrogen) atoms. The minimum atomic E-state index is -0.0311. The predicted octanol–water partition coefficient (Wildman–Crippen LogP) is 5.29. The van der Waals surface area contributed by atoms with Crippen LogP contribution in [0, 0.1) is 0 Å². The number of furan rings is 1. The zero-order valence-electron chi connectivity index (χ0n) is 15.4. The fourth-order valence-corrected chi connectivity index (χ4v) is 4.86. The van der Waals surface area contributed by atoms with Gasteiger partial charge in [0.05, 0.1) is 4.91 Å². The van der Waals surface area contributed by atoms with Crippen molar-refractivity contribution in [1.29, 1.82) is 0 Å². The number of likely N-dealkylation sites (tertiary alicyclic amines) is 1. The van der Waals surface area contributed by atoms with Crippen molar-refractivity contribution in [2.24, 2.45) is 0 Å². The van der Waals surface area contributed by atoms with Crippen LogP contribution >= 0.6 is 35.6 Å². The minimum absolute atomic E-state index is 0.0311. The quantitative estimate of drug-likeness (QED) is 0.474. The molecule has 4 nitrogen and oxygen atoms in total. The molecule has 4 rings (SSSR count). The molecular formula is C21H21ClN2O2S2. The van der Waals surface area contributed by atoms with Gasteiger partial charge >= 0.3 is 0 Å². The van der Waals surface area contributed by atoms with E-state index in [-0.39, 0.29) is 5.91 Å². The third-order valence-electron chi connectivity index (χ3n) is 4.99. The smallest absolute Gasteiger partial charge is 0.266 e. The number of hydrogen-bond acceptors (Lipinski definition) is 5. The maximum atomic E-state index is 12.8. The maximum Gasteiger partial charge on any atom is 0.266 e. The fraction of sp³-hybridized carbons (Fsp3) is 0.333. The third kappa shape index (κ3) is 4.51. The number of rotatable bonds is 5. The molecule has 3 heterocycles. The third-order valence-corrected chi connectivity index (χ3v) is 6.62. The number of amides is 1. The van der Waals surface area contributed by atoms with Gasteiger partial charge in [-0.3, -0.25) is 9.69 Å². The molecule has 2 aliphatic heterocycles. The average Bonchev–Trinajstić information content (AvgIpc) is 3.27. The Hall–Kier alpha value is -1.60. The van der Waals surface area contributed by atoms with Crippen molar-refractivity contribution >= 4 is 51.9 Å². The summed E-state index contributed by atoms with van der Waals surface area (Å²) in [6.45, 7) is 3.76. The summed E-state index contributed by atoms with van der Waals surface area (Å²) in [4.78, 5) is 17.5. The van der Waals surface area contributed by atoms with Crippen molar-refractivity contribution < 1.29 is 9.21 Å². The number of hydrogen-bond donors (Lipinski definition) is 0. The Labute approximate surface area is 179 Å². The molecule has 0 N–H and O–H groups in total. The van der Waals surface area contributed by atoms with Gasteiger partial charge in [-0.05, 0) is 62.3 Å². The van der Waals surface area contributed by atoms with Crippen LogP contribution < -0.4 is 0 Å². The fourth-order valence-electron chi connectivity index (χ4n) is 3.45. The minimum Gasteiger partial charge on any atom is -0.457 e. The molecule has 2 aliphatic rings. The highest BCUT2D eigenvalue weighted by molar-refractivity contribution is 8.26. The summed E-state index contributed by atoms with van der Waals surface area (Å²) in [6.07, 6.45) is 5.57. The Kier molecular flexibility index (Phi) is 6.21. The van der Waals surface area contributed by atoms with E-state index in [9.17, 15) is 4.79 Å². The summed E-state index contributed by atoms with van der Waals surface area (Å²) in [6, 6.07) is 11.2. The molecule has 2 fully saturated rings. The predicted molar refractivity (Wildman–Crippen MR) is 119 cm³/mol. The summed E-state index contributed by atoms with van der Waals surface area (Å²) in [7, 11) is 0. The number of thioether (sulfide) groups is 1. The molecule has 0 spiro atoms. The lowest BCUT2D eigenvalue weighted by atomic mass is 10.1. The van der Waals surface area contributed by atoms with Crippen LogP contribution in [0.1, 0.15) is 25.0 Å². The zero-order chi connectivity index (χ0) is 19.5. The molecule has 0 aliphatic carbocycles. The van der Waals surface area contributed by atoms with E-state index in [4.69, 9.17) is 28.2 Å². The van der Waals surface area contributed by atoms with E-state index in [1.54, 1.807) is 11.0 Å². The first-order chi connectivity index (χ1) is 13.6. The van der Waals surface area contributed by atoms with E-state index in [1.165, 1.54) is 31.0 Å². The van der Waals surface area contributed by atoms with E-state index in [0.717, 1.165) is 31.0 Å². The second-order valence-electron chi connectivity index (χ2n) is 6.94. The van der Waals surface area contributed by atoms with Crippen molar-refractivity contribution in [3.05, 3.63) is 52.1 Å². The van der Waals surface area contributed by atoms with E-state index in [1.807, 2.05) is 36.4 Å². The van der Waals surface area contributed by atoms with Crippen LogP contribution in [0.15, 0.2) is 45.7 Å². The monoisotopic (exact) mass is 432 g/mol. The van der Waals surface area contributed by atoms with Crippen molar-refractivity contribution in [3.63, 3.8) is 0 Å². The number of piperidine rings is 1. The number of thiocarbonyl (C=S) groups is 1. The van der Waals surface area contributed by atoms with E-state index in [2.05, 4.69) is 4.90 Å². The molecule has 0 unspecified atom stereocenters. The van der Waals surface area contributed by atoms with E-state index in [0.29, 0.717) is 26.6 Å². The van der Waals surface area contributed by atoms with Crippen molar-refractivity contribution in [1.82, 2.24) is 9.80 Å². The first kappa shape index (κ1) is 19.7. The molecule has 0 atom stereocenters. The van der Waals surface area contributed by atoms with Gasteiger partial charge in [0.2, 0.25) is 0 Å². The second kappa shape index (κ2) is 8.82. The molecule has 0 radical (unpaired) electrons. The number of benzene rings is 1. The average molecular weight is 433 g/mol. The van der Waals surface area contributed by atoms with Crippen molar-refractivity contribution in [2.75, 3.05) is 26.2 Å². The van der Waals surface area contributed by atoms with Crippen LogP contribution in [-0.2, 0) is 4.79 Å². The van der Waals surface area contributed by atoms with Crippen molar-refractivity contribution in [2.45, 2.75) is 19.3 Å². The number of carbonyl (C=O) groups is 1. The molecule has 1 aromatic carbocycles. The van der Waals surface area contributed by atoms with Gasteiger partial charge in [-0.15, -0.1) is 0 Å². The summed E-state index contributed by atoms with van der Waals surface area (Å²) in [5, 5.41) is 0.684. The highest BCUT2D eigenvalue weighted by atomic mass is 35.5. The molecule has 7 heteroatoms. The Morgan fingerprint density at radius 3 is 2.57 bits per heavy atom. The second-order valence-corrected chi connectivity index (χ2v) is 9.06. The topological polar surface area (TPSA) is 36.7 Å². The lowest BCUT2D eigenvalue weighted by Crippen LogP contribution is -2.39. The highest BCUT2D eigenvalue weighted by Crippen LogP contribution is 2.33. The van der Waals surface area contributed by atoms with Gasteiger partial charge in [0.25, 0.3) is 5.91 Å². The van der Waals surface area contributed by atoms with Crippen LogP contribution in [0.2, 0.25) is 5.02 Å². The van der Waals surface area contributed by atoms with Gasteiger partial charge < -0.3 is 9.32 Å². The standard InChI is InChI=1S/C21H21ClN2O2S2/c22-16-6-4-15(5-7-16)18-9-8-17(26-18)14-19-20(25)24(21(27)28-19)13-12-23-10-2-1-3-11-23/h4-9,14H,1-3,10-13H2. The van der Waals surface area contributed by atoms with Gasteiger partial charge in [-0.2, -0.15) is 0 Å².